The van der Waals surface area contributed by atoms with Crippen LogP contribution < -0.4 is 9.64 Å². The fourth-order valence-corrected chi connectivity index (χ4v) is 5.50. The fourth-order valence-electron chi connectivity index (χ4n) is 3.52. The minimum atomic E-state index is 0.779. The van der Waals surface area contributed by atoms with E-state index in [9.17, 15) is 0 Å². The number of fused-ring (bicyclic) bond motifs is 1. The van der Waals surface area contributed by atoms with Crippen LogP contribution >= 0.6 is 23.1 Å². The lowest BCUT2D eigenvalue weighted by atomic mass is 10.0. The first-order chi connectivity index (χ1) is 11.3. The van der Waals surface area contributed by atoms with E-state index in [2.05, 4.69) is 33.7 Å². The van der Waals surface area contributed by atoms with Crippen LogP contribution in [0.3, 0.4) is 0 Å². The summed E-state index contributed by atoms with van der Waals surface area (Å²) in [6.45, 7) is 4.81. The summed E-state index contributed by atoms with van der Waals surface area (Å²) in [5.74, 6) is 3.52. The molecular formula is C17H23N3OS2. The van der Waals surface area contributed by atoms with E-state index in [1.165, 1.54) is 47.3 Å². The highest BCUT2D eigenvalue weighted by atomic mass is 32.2. The number of hydrogen-bond acceptors (Lipinski definition) is 6. The van der Waals surface area contributed by atoms with E-state index in [0.717, 1.165) is 30.4 Å². The van der Waals surface area contributed by atoms with Crippen LogP contribution in [0.25, 0.3) is 10.2 Å². The maximum atomic E-state index is 5.32. The Morgan fingerprint density at radius 3 is 2.65 bits per heavy atom. The second kappa shape index (κ2) is 6.87. The number of methoxy groups -OCH3 is 1. The van der Waals surface area contributed by atoms with Crippen molar-refractivity contribution in [1.82, 2.24) is 9.88 Å². The van der Waals surface area contributed by atoms with Gasteiger partial charge in [0, 0.05) is 43.7 Å². The molecule has 0 saturated carbocycles. The molecule has 2 fully saturated rings. The van der Waals surface area contributed by atoms with E-state index in [4.69, 9.17) is 9.72 Å². The van der Waals surface area contributed by atoms with Crippen molar-refractivity contribution < 1.29 is 4.74 Å². The van der Waals surface area contributed by atoms with E-state index in [1.807, 2.05) is 6.07 Å². The number of thiazole rings is 1. The molecule has 0 unspecified atom stereocenters. The predicted molar refractivity (Wildman–Crippen MR) is 100 cm³/mol. The molecule has 0 aliphatic carbocycles. The normalized spacial score (nSPS) is 21.0. The lowest BCUT2D eigenvalue weighted by Gasteiger charge is -2.40. The Bertz CT molecular complexity index is 661. The summed E-state index contributed by atoms with van der Waals surface area (Å²) in [5, 5.41) is 1.17. The number of benzene rings is 1. The van der Waals surface area contributed by atoms with Crippen molar-refractivity contribution in [3.63, 3.8) is 0 Å². The van der Waals surface area contributed by atoms with Gasteiger partial charge in [-0.3, -0.25) is 4.90 Å². The van der Waals surface area contributed by atoms with Crippen molar-refractivity contribution in [2.75, 3.05) is 49.7 Å². The molecule has 0 radical (unpaired) electrons. The van der Waals surface area contributed by atoms with Crippen LogP contribution in [-0.2, 0) is 0 Å². The number of hydrogen-bond donors (Lipinski definition) is 0. The molecule has 2 aromatic rings. The summed E-state index contributed by atoms with van der Waals surface area (Å²) in [6, 6.07) is 6.93. The fraction of sp³-hybridized carbons (Fsp3) is 0.588. The number of aromatic nitrogens is 1. The molecule has 6 heteroatoms. The average Bonchev–Trinajstić information content (AvgIpc) is 3.05. The summed E-state index contributed by atoms with van der Waals surface area (Å²) >= 11 is 3.88. The predicted octanol–water partition coefficient (Wildman–Crippen LogP) is 3.32. The minimum absolute atomic E-state index is 0.779. The van der Waals surface area contributed by atoms with Gasteiger partial charge in [0.25, 0.3) is 0 Å². The third-order valence-electron chi connectivity index (χ3n) is 4.88. The van der Waals surface area contributed by atoms with Gasteiger partial charge in [0.15, 0.2) is 5.13 Å². The molecule has 124 valence electrons. The molecule has 2 aliphatic heterocycles. The largest absolute Gasteiger partial charge is 0.497 e. The molecule has 1 aromatic carbocycles. The van der Waals surface area contributed by atoms with Gasteiger partial charge in [-0.2, -0.15) is 11.8 Å². The number of rotatable bonds is 3. The molecule has 2 saturated heterocycles. The Labute approximate surface area is 145 Å². The number of ether oxygens (including phenoxy) is 1. The molecule has 1 aromatic heterocycles. The Balaban J connectivity index is 1.43. The smallest absolute Gasteiger partial charge is 0.186 e. The van der Waals surface area contributed by atoms with Crippen LogP contribution in [0.2, 0.25) is 0 Å². The van der Waals surface area contributed by atoms with E-state index < -0.39 is 0 Å². The molecule has 0 atom stereocenters. The zero-order chi connectivity index (χ0) is 15.6. The van der Waals surface area contributed by atoms with Crippen molar-refractivity contribution in [1.29, 1.82) is 0 Å². The Kier molecular flexibility index (Phi) is 4.64. The van der Waals surface area contributed by atoms with E-state index >= 15 is 0 Å². The molecule has 0 bridgehead atoms. The Morgan fingerprint density at radius 1 is 1.13 bits per heavy atom. The Morgan fingerprint density at radius 2 is 1.91 bits per heavy atom. The first-order valence-corrected chi connectivity index (χ1v) is 10.3. The first-order valence-electron chi connectivity index (χ1n) is 8.35. The lowest BCUT2D eigenvalue weighted by molar-refractivity contribution is 0.186. The zero-order valence-electron chi connectivity index (χ0n) is 13.5. The van der Waals surface area contributed by atoms with Crippen LogP contribution in [0.1, 0.15) is 12.8 Å². The second-order valence-electron chi connectivity index (χ2n) is 6.20. The van der Waals surface area contributed by atoms with Crippen LogP contribution in [0.4, 0.5) is 5.13 Å². The monoisotopic (exact) mass is 349 g/mol. The third kappa shape index (κ3) is 3.30. The van der Waals surface area contributed by atoms with Gasteiger partial charge in [0.2, 0.25) is 0 Å². The van der Waals surface area contributed by atoms with Gasteiger partial charge in [-0.25, -0.2) is 4.98 Å². The van der Waals surface area contributed by atoms with Crippen LogP contribution in [-0.4, -0.2) is 60.7 Å². The number of piperidine rings is 1. The maximum absolute atomic E-state index is 5.32. The quantitative estimate of drug-likeness (QED) is 0.848. The molecule has 0 spiro atoms. The summed E-state index contributed by atoms with van der Waals surface area (Å²) in [7, 11) is 1.72. The van der Waals surface area contributed by atoms with Crippen LogP contribution in [0.15, 0.2) is 18.2 Å². The molecular weight excluding hydrogens is 326 g/mol. The molecule has 3 heterocycles. The molecule has 4 rings (SSSR count). The minimum Gasteiger partial charge on any atom is -0.497 e. The molecule has 23 heavy (non-hydrogen) atoms. The highest BCUT2D eigenvalue weighted by molar-refractivity contribution is 7.99. The number of anilines is 1. The van der Waals surface area contributed by atoms with Crippen molar-refractivity contribution in [3.05, 3.63) is 18.2 Å². The van der Waals surface area contributed by atoms with Gasteiger partial charge in [-0.05, 0) is 31.0 Å². The average molecular weight is 350 g/mol. The SMILES string of the molecule is COc1ccc2nc(N3CCC(N4CCSCC4)CC3)sc2c1. The second-order valence-corrected chi connectivity index (χ2v) is 8.43. The van der Waals surface area contributed by atoms with Gasteiger partial charge < -0.3 is 9.64 Å². The van der Waals surface area contributed by atoms with Gasteiger partial charge in [0.1, 0.15) is 5.75 Å². The van der Waals surface area contributed by atoms with Crippen LogP contribution in [0.5, 0.6) is 5.75 Å². The summed E-state index contributed by atoms with van der Waals surface area (Å²) in [5.41, 5.74) is 1.08. The lowest BCUT2D eigenvalue weighted by Crippen LogP contribution is -2.47. The summed E-state index contributed by atoms with van der Waals surface area (Å²) in [6.07, 6.45) is 2.54. The van der Waals surface area contributed by atoms with Crippen molar-refractivity contribution in [3.8, 4) is 5.75 Å². The van der Waals surface area contributed by atoms with Gasteiger partial charge in [-0.1, -0.05) is 11.3 Å². The Hall–Kier alpha value is -0.980. The summed E-state index contributed by atoms with van der Waals surface area (Å²) in [4.78, 5) is 9.99. The highest BCUT2D eigenvalue weighted by Crippen LogP contribution is 2.33. The van der Waals surface area contributed by atoms with Crippen LogP contribution in [0, 0.1) is 0 Å². The van der Waals surface area contributed by atoms with E-state index in [-0.39, 0.29) is 0 Å². The number of thioether (sulfide) groups is 1. The maximum Gasteiger partial charge on any atom is 0.186 e. The highest BCUT2D eigenvalue weighted by Gasteiger charge is 2.26. The van der Waals surface area contributed by atoms with Gasteiger partial charge in [-0.15, -0.1) is 0 Å². The van der Waals surface area contributed by atoms with Gasteiger partial charge in [0.05, 0.1) is 17.3 Å². The first kappa shape index (κ1) is 15.5. The number of nitrogens with zero attached hydrogens (tertiary/aromatic N) is 3. The van der Waals surface area contributed by atoms with Crippen molar-refractivity contribution in [2.45, 2.75) is 18.9 Å². The zero-order valence-corrected chi connectivity index (χ0v) is 15.2. The molecule has 0 N–H and O–H groups in total. The summed E-state index contributed by atoms with van der Waals surface area (Å²) < 4.78 is 6.53. The molecule has 2 aliphatic rings. The third-order valence-corrected chi connectivity index (χ3v) is 6.90. The van der Waals surface area contributed by atoms with Crippen molar-refractivity contribution >= 4 is 38.4 Å². The standard InChI is InChI=1S/C17H23N3OS2/c1-21-14-2-3-15-16(12-14)23-17(18-15)20-6-4-13(5-7-20)19-8-10-22-11-9-19/h2-3,12-13H,4-11H2,1H3. The van der Waals surface area contributed by atoms with E-state index in [0.29, 0.717) is 0 Å². The topological polar surface area (TPSA) is 28.6 Å². The van der Waals surface area contributed by atoms with E-state index in [1.54, 1.807) is 18.4 Å². The molecule has 4 nitrogen and oxygen atoms in total. The molecule has 0 amide bonds. The van der Waals surface area contributed by atoms with Crippen molar-refractivity contribution in [2.24, 2.45) is 0 Å². The van der Waals surface area contributed by atoms with Gasteiger partial charge >= 0.3 is 0 Å².